The van der Waals surface area contributed by atoms with E-state index in [4.69, 9.17) is 9.52 Å². The number of rotatable bonds is 7. The van der Waals surface area contributed by atoms with Crippen LogP contribution < -0.4 is 5.32 Å². The van der Waals surface area contributed by atoms with Crippen LogP contribution in [0.4, 0.5) is 0 Å². The Bertz CT molecular complexity index is 446. The van der Waals surface area contributed by atoms with Gasteiger partial charge in [-0.25, -0.2) is 0 Å². The van der Waals surface area contributed by atoms with Gasteiger partial charge in [-0.15, -0.1) is 0 Å². The molecule has 0 saturated heterocycles. The van der Waals surface area contributed by atoms with Gasteiger partial charge in [0.05, 0.1) is 23.8 Å². The van der Waals surface area contributed by atoms with Crippen LogP contribution in [0.1, 0.15) is 56.2 Å². The predicted molar refractivity (Wildman–Crippen MR) is 71.1 cm³/mol. The first-order chi connectivity index (χ1) is 8.98. The number of aryl methyl sites for hydroxylation is 1. The number of carboxylic acid groups (broad SMARTS) is 1. The van der Waals surface area contributed by atoms with E-state index in [-0.39, 0.29) is 12.3 Å². The van der Waals surface area contributed by atoms with Crippen LogP contribution in [0, 0.1) is 0 Å². The van der Waals surface area contributed by atoms with Gasteiger partial charge >= 0.3 is 5.97 Å². The van der Waals surface area contributed by atoms with Crippen molar-refractivity contribution < 1.29 is 19.1 Å². The summed E-state index contributed by atoms with van der Waals surface area (Å²) in [4.78, 5) is 23.2. The zero-order valence-corrected chi connectivity index (χ0v) is 11.7. The number of amides is 1. The Morgan fingerprint density at radius 2 is 1.95 bits per heavy atom. The molecule has 1 aromatic rings. The first-order valence-corrected chi connectivity index (χ1v) is 6.58. The summed E-state index contributed by atoms with van der Waals surface area (Å²) in [6.07, 6.45) is 3.16. The van der Waals surface area contributed by atoms with Crippen LogP contribution in [0.15, 0.2) is 16.7 Å². The van der Waals surface area contributed by atoms with E-state index in [1.165, 1.54) is 6.26 Å². The third-order valence-corrected chi connectivity index (χ3v) is 3.53. The number of hydrogen-bond acceptors (Lipinski definition) is 3. The maximum absolute atomic E-state index is 12.2. The van der Waals surface area contributed by atoms with E-state index in [0.29, 0.717) is 30.6 Å². The van der Waals surface area contributed by atoms with Gasteiger partial charge in [0.15, 0.2) is 0 Å². The molecule has 1 rings (SSSR count). The van der Waals surface area contributed by atoms with Crippen LogP contribution in [0.3, 0.4) is 0 Å². The summed E-state index contributed by atoms with van der Waals surface area (Å²) >= 11 is 0. The van der Waals surface area contributed by atoms with Gasteiger partial charge in [-0.3, -0.25) is 9.59 Å². The van der Waals surface area contributed by atoms with Gasteiger partial charge in [-0.1, -0.05) is 20.8 Å². The first kappa shape index (κ1) is 15.3. The molecule has 0 aliphatic heterocycles. The van der Waals surface area contributed by atoms with Gasteiger partial charge < -0.3 is 14.8 Å². The lowest BCUT2D eigenvalue weighted by atomic mass is 9.88. The molecular weight excluding hydrogens is 246 g/mol. The quantitative estimate of drug-likeness (QED) is 0.795. The maximum atomic E-state index is 12.2. The van der Waals surface area contributed by atoms with Crippen LogP contribution in [0.5, 0.6) is 0 Å². The van der Waals surface area contributed by atoms with Crippen molar-refractivity contribution in [2.75, 3.05) is 0 Å². The van der Waals surface area contributed by atoms with Gasteiger partial charge in [0.25, 0.3) is 5.91 Å². The Labute approximate surface area is 113 Å². The first-order valence-electron chi connectivity index (χ1n) is 6.58. The molecule has 0 bridgehead atoms. The van der Waals surface area contributed by atoms with Crippen LogP contribution in [0.2, 0.25) is 0 Å². The molecule has 19 heavy (non-hydrogen) atoms. The van der Waals surface area contributed by atoms with Crippen LogP contribution >= 0.6 is 0 Å². The SMILES string of the molecule is CCc1occc1C(=O)NC(CC)(CC)CC(=O)O. The average Bonchev–Trinajstić information content (AvgIpc) is 2.85. The lowest BCUT2D eigenvalue weighted by molar-refractivity contribution is -0.138. The van der Waals surface area contributed by atoms with Crippen LogP contribution in [-0.2, 0) is 11.2 Å². The Balaban J connectivity index is 2.91. The van der Waals surface area contributed by atoms with Crippen LogP contribution in [0.25, 0.3) is 0 Å². The van der Waals surface area contributed by atoms with Crippen molar-refractivity contribution in [2.45, 2.75) is 52.0 Å². The Morgan fingerprint density at radius 1 is 1.32 bits per heavy atom. The second kappa shape index (κ2) is 6.41. The zero-order chi connectivity index (χ0) is 14.5. The standard InChI is InChI=1S/C14H21NO4/c1-4-11-10(7-8-19-11)13(18)15-14(5-2,6-3)9-12(16)17/h7-8H,4-6,9H2,1-3H3,(H,15,18)(H,16,17). The average molecular weight is 267 g/mol. The highest BCUT2D eigenvalue weighted by molar-refractivity contribution is 5.95. The number of hydrogen-bond donors (Lipinski definition) is 2. The molecule has 0 aromatic carbocycles. The van der Waals surface area contributed by atoms with E-state index in [1.54, 1.807) is 6.07 Å². The topological polar surface area (TPSA) is 79.5 Å². The van der Waals surface area contributed by atoms with Gasteiger partial charge in [-0.05, 0) is 18.9 Å². The molecule has 0 atom stereocenters. The number of furan rings is 1. The summed E-state index contributed by atoms with van der Waals surface area (Å²) in [5.74, 6) is -0.559. The second-order valence-corrected chi connectivity index (χ2v) is 4.62. The zero-order valence-electron chi connectivity index (χ0n) is 11.7. The minimum Gasteiger partial charge on any atom is -0.481 e. The Morgan fingerprint density at radius 3 is 2.42 bits per heavy atom. The number of carbonyl (C=O) groups excluding carboxylic acids is 1. The minimum atomic E-state index is -0.910. The maximum Gasteiger partial charge on any atom is 0.305 e. The van der Waals surface area contributed by atoms with Gasteiger partial charge in [0.2, 0.25) is 0 Å². The van der Waals surface area contributed by atoms with Gasteiger partial charge in [-0.2, -0.15) is 0 Å². The molecule has 0 fully saturated rings. The fourth-order valence-electron chi connectivity index (χ4n) is 2.14. The lowest BCUT2D eigenvalue weighted by Crippen LogP contribution is -2.49. The fourth-order valence-corrected chi connectivity index (χ4v) is 2.14. The smallest absolute Gasteiger partial charge is 0.305 e. The molecule has 5 nitrogen and oxygen atoms in total. The fraction of sp³-hybridized carbons (Fsp3) is 0.571. The van der Waals surface area contributed by atoms with Crippen molar-refractivity contribution in [3.05, 3.63) is 23.7 Å². The highest BCUT2D eigenvalue weighted by Gasteiger charge is 2.32. The summed E-state index contributed by atoms with van der Waals surface area (Å²) < 4.78 is 5.22. The lowest BCUT2D eigenvalue weighted by Gasteiger charge is -2.31. The molecular formula is C14H21NO4. The van der Waals surface area contributed by atoms with Crippen molar-refractivity contribution in [3.63, 3.8) is 0 Å². The van der Waals surface area contributed by atoms with Gasteiger partial charge in [0, 0.05) is 6.42 Å². The molecule has 0 aliphatic rings. The van der Waals surface area contributed by atoms with Crippen molar-refractivity contribution in [2.24, 2.45) is 0 Å². The molecule has 1 amide bonds. The molecule has 0 spiro atoms. The summed E-state index contributed by atoms with van der Waals surface area (Å²) in [5, 5.41) is 11.8. The molecule has 0 radical (unpaired) electrons. The molecule has 1 heterocycles. The number of carbonyl (C=O) groups is 2. The highest BCUT2D eigenvalue weighted by atomic mass is 16.4. The molecule has 0 saturated carbocycles. The van der Waals surface area contributed by atoms with Crippen molar-refractivity contribution in [1.29, 1.82) is 0 Å². The number of aliphatic carboxylic acids is 1. The van der Waals surface area contributed by atoms with E-state index in [1.807, 2.05) is 20.8 Å². The monoisotopic (exact) mass is 267 g/mol. The normalized spacial score (nSPS) is 11.3. The van der Waals surface area contributed by atoms with Crippen LogP contribution in [-0.4, -0.2) is 22.5 Å². The third kappa shape index (κ3) is 3.59. The summed E-state index contributed by atoms with van der Waals surface area (Å²) in [7, 11) is 0. The minimum absolute atomic E-state index is 0.0783. The van der Waals surface area contributed by atoms with E-state index in [2.05, 4.69) is 5.32 Å². The number of carboxylic acids is 1. The van der Waals surface area contributed by atoms with Crippen molar-refractivity contribution >= 4 is 11.9 Å². The molecule has 2 N–H and O–H groups in total. The third-order valence-electron chi connectivity index (χ3n) is 3.53. The second-order valence-electron chi connectivity index (χ2n) is 4.62. The summed E-state index contributed by atoms with van der Waals surface area (Å²) in [6.45, 7) is 5.66. The van der Waals surface area contributed by atoms with E-state index >= 15 is 0 Å². The molecule has 5 heteroatoms. The number of nitrogens with one attached hydrogen (secondary N) is 1. The molecule has 1 aromatic heterocycles. The Hall–Kier alpha value is -1.78. The van der Waals surface area contributed by atoms with E-state index < -0.39 is 11.5 Å². The van der Waals surface area contributed by atoms with E-state index in [0.717, 1.165) is 0 Å². The summed E-state index contributed by atoms with van der Waals surface area (Å²) in [6, 6.07) is 1.62. The van der Waals surface area contributed by atoms with Crippen molar-refractivity contribution in [3.8, 4) is 0 Å². The predicted octanol–water partition coefficient (Wildman–Crippen LogP) is 2.61. The summed E-state index contributed by atoms with van der Waals surface area (Å²) in [5.41, 5.74) is -0.218. The van der Waals surface area contributed by atoms with E-state index in [9.17, 15) is 9.59 Å². The molecule has 106 valence electrons. The highest BCUT2D eigenvalue weighted by Crippen LogP contribution is 2.21. The molecule has 0 aliphatic carbocycles. The molecule has 0 unspecified atom stereocenters. The Kier molecular flexibility index (Phi) is 5.15. The van der Waals surface area contributed by atoms with Gasteiger partial charge in [0.1, 0.15) is 5.76 Å². The largest absolute Gasteiger partial charge is 0.481 e. The van der Waals surface area contributed by atoms with Crippen molar-refractivity contribution in [1.82, 2.24) is 5.32 Å².